The molecule has 0 atom stereocenters. The summed E-state index contributed by atoms with van der Waals surface area (Å²) in [6.45, 7) is 0. The number of amides is 1. The van der Waals surface area contributed by atoms with Crippen LogP contribution in [0, 0.1) is 11.6 Å². The van der Waals surface area contributed by atoms with Crippen LogP contribution >= 0.6 is 11.6 Å². The maximum Gasteiger partial charge on any atom is 0.249 e. The normalized spacial score (nSPS) is 10.7. The van der Waals surface area contributed by atoms with Crippen molar-refractivity contribution in [3.8, 4) is 22.5 Å². The molecule has 1 aromatic heterocycles. The van der Waals surface area contributed by atoms with Crippen molar-refractivity contribution in [2.75, 3.05) is 0 Å². The van der Waals surface area contributed by atoms with Crippen LogP contribution in [0.5, 0.6) is 0 Å². The first-order valence-electron chi connectivity index (χ1n) is 6.57. The molecule has 0 aliphatic carbocycles. The lowest BCUT2D eigenvalue weighted by Crippen LogP contribution is -2.13. The van der Waals surface area contributed by atoms with Crippen molar-refractivity contribution in [2.45, 2.75) is 0 Å². The predicted molar refractivity (Wildman–Crippen MR) is 82.9 cm³/mol. The molecule has 0 radical (unpaired) electrons. The number of hydrogen-bond acceptors (Lipinski definition) is 2. The third-order valence-corrected chi connectivity index (χ3v) is 3.72. The van der Waals surface area contributed by atoms with E-state index < -0.39 is 17.5 Å². The van der Waals surface area contributed by atoms with Gasteiger partial charge < -0.3 is 5.73 Å². The van der Waals surface area contributed by atoms with Crippen molar-refractivity contribution < 1.29 is 13.6 Å². The molecule has 7 heteroatoms. The number of hydrogen-bond donors (Lipinski definition) is 2. The molecule has 1 amide bonds. The van der Waals surface area contributed by atoms with Crippen molar-refractivity contribution in [3.05, 3.63) is 64.7 Å². The minimum absolute atomic E-state index is 0.0128. The van der Waals surface area contributed by atoms with Gasteiger partial charge in [0.15, 0.2) is 0 Å². The quantitative estimate of drug-likeness (QED) is 0.765. The van der Waals surface area contributed by atoms with Crippen LogP contribution in [0.1, 0.15) is 10.4 Å². The van der Waals surface area contributed by atoms with E-state index >= 15 is 0 Å². The number of benzene rings is 2. The minimum atomic E-state index is -0.784. The third kappa shape index (κ3) is 2.68. The molecule has 0 unspecified atom stereocenters. The standard InChI is InChI=1S/C16H10ClF2N3O/c17-13-14(8-4-6-9(18)7-5-8)21-22-15(13)12-10(16(20)23)2-1-3-11(12)19/h1-7H,(H2,20,23)(H,21,22). The monoisotopic (exact) mass is 333 g/mol. The number of rotatable bonds is 3. The van der Waals surface area contributed by atoms with Crippen LogP contribution in [0.4, 0.5) is 8.78 Å². The van der Waals surface area contributed by atoms with Gasteiger partial charge in [-0.15, -0.1) is 0 Å². The van der Waals surface area contributed by atoms with Gasteiger partial charge in [-0.05, 0) is 36.4 Å². The Hall–Kier alpha value is -2.73. The fourth-order valence-corrected chi connectivity index (χ4v) is 2.56. The number of H-pyrrole nitrogens is 1. The summed E-state index contributed by atoms with van der Waals surface area (Å²) in [4.78, 5) is 11.5. The maximum atomic E-state index is 14.2. The number of carbonyl (C=O) groups is 1. The second kappa shape index (κ2) is 5.81. The van der Waals surface area contributed by atoms with Crippen LogP contribution in [-0.2, 0) is 0 Å². The van der Waals surface area contributed by atoms with E-state index in [1.807, 2.05) is 0 Å². The SMILES string of the molecule is NC(=O)c1cccc(F)c1-c1[nH]nc(-c2ccc(F)cc2)c1Cl. The summed E-state index contributed by atoms with van der Waals surface area (Å²) in [5, 5.41) is 6.77. The topological polar surface area (TPSA) is 71.8 Å². The molecule has 23 heavy (non-hydrogen) atoms. The molecular formula is C16H10ClF2N3O. The van der Waals surface area contributed by atoms with Gasteiger partial charge in [0.05, 0.1) is 16.3 Å². The lowest BCUT2D eigenvalue weighted by atomic mass is 10.0. The smallest absolute Gasteiger partial charge is 0.249 e. The average molecular weight is 334 g/mol. The van der Waals surface area contributed by atoms with Crippen molar-refractivity contribution in [1.82, 2.24) is 10.2 Å². The van der Waals surface area contributed by atoms with E-state index in [1.54, 1.807) is 0 Å². The molecule has 3 N–H and O–H groups in total. The molecule has 0 saturated carbocycles. The Balaban J connectivity index is 2.17. The predicted octanol–water partition coefficient (Wildman–Crippen LogP) is 3.77. The van der Waals surface area contributed by atoms with Gasteiger partial charge in [0.1, 0.15) is 17.3 Å². The Kier molecular flexibility index (Phi) is 3.83. The molecule has 116 valence electrons. The van der Waals surface area contributed by atoms with Crippen LogP contribution < -0.4 is 5.73 Å². The number of halogens is 3. The van der Waals surface area contributed by atoms with Gasteiger partial charge in [-0.2, -0.15) is 5.10 Å². The van der Waals surface area contributed by atoms with Crippen molar-refractivity contribution >= 4 is 17.5 Å². The molecule has 0 bridgehead atoms. The van der Waals surface area contributed by atoms with E-state index in [2.05, 4.69) is 10.2 Å². The van der Waals surface area contributed by atoms with Crippen molar-refractivity contribution in [3.63, 3.8) is 0 Å². The van der Waals surface area contributed by atoms with Crippen molar-refractivity contribution in [2.24, 2.45) is 5.73 Å². The number of primary amides is 1. The van der Waals surface area contributed by atoms with E-state index in [-0.39, 0.29) is 21.8 Å². The summed E-state index contributed by atoms with van der Waals surface area (Å²) in [5.74, 6) is -1.84. The summed E-state index contributed by atoms with van der Waals surface area (Å²) in [6.07, 6.45) is 0. The highest BCUT2D eigenvalue weighted by molar-refractivity contribution is 6.35. The lowest BCUT2D eigenvalue weighted by molar-refractivity contribution is 0.100. The lowest BCUT2D eigenvalue weighted by Gasteiger charge is -2.06. The van der Waals surface area contributed by atoms with Gasteiger partial charge in [-0.1, -0.05) is 17.7 Å². The first-order chi connectivity index (χ1) is 11.0. The Morgan fingerprint density at radius 3 is 2.48 bits per heavy atom. The molecule has 2 aromatic carbocycles. The molecule has 0 aliphatic rings. The van der Waals surface area contributed by atoms with E-state index in [0.717, 1.165) is 0 Å². The summed E-state index contributed by atoms with van der Waals surface area (Å²) in [5.41, 5.74) is 6.23. The van der Waals surface area contributed by atoms with Gasteiger partial charge in [0.2, 0.25) is 5.91 Å². The van der Waals surface area contributed by atoms with Crippen LogP contribution in [0.25, 0.3) is 22.5 Å². The number of nitrogens with one attached hydrogen (secondary N) is 1. The summed E-state index contributed by atoms with van der Waals surface area (Å²) in [6, 6.07) is 9.49. The van der Waals surface area contributed by atoms with E-state index in [4.69, 9.17) is 17.3 Å². The molecule has 4 nitrogen and oxygen atoms in total. The Morgan fingerprint density at radius 2 is 1.83 bits per heavy atom. The van der Waals surface area contributed by atoms with Gasteiger partial charge in [-0.25, -0.2) is 8.78 Å². The molecule has 1 heterocycles. The molecule has 0 aliphatic heterocycles. The molecule has 0 saturated heterocycles. The molecular weight excluding hydrogens is 324 g/mol. The van der Waals surface area contributed by atoms with Gasteiger partial charge in [0, 0.05) is 11.1 Å². The number of aromatic nitrogens is 2. The van der Waals surface area contributed by atoms with Gasteiger partial charge >= 0.3 is 0 Å². The summed E-state index contributed by atoms with van der Waals surface area (Å²) >= 11 is 6.28. The summed E-state index contributed by atoms with van der Waals surface area (Å²) in [7, 11) is 0. The number of nitrogens with zero attached hydrogens (tertiary/aromatic N) is 1. The molecule has 0 fully saturated rings. The molecule has 3 aromatic rings. The summed E-state index contributed by atoms with van der Waals surface area (Å²) < 4.78 is 27.2. The second-order valence-electron chi connectivity index (χ2n) is 4.79. The van der Waals surface area contributed by atoms with E-state index in [0.29, 0.717) is 11.3 Å². The Labute approximate surface area is 134 Å². The highest BCUT2D eigenvalue weighted by Gasteiger charge is 2.21. The second-order valence-corrected chi connectivity index (χ2v) is 5.17. The Morgan fingerprint density at radius 1 is 1.13 bits per heavy atom. The van der Waals surface area contributed by atoms with Gasteiger partial charge in [0.25, 0.3) is 0 Å². The van der Waals surface area contributed by atoms with Crippen LogP contribution in [-0.4, -0.2) is 16.1 Å². The first kappa shape index (κ1) is 15.2. The number of carbonyl (C=O) groups excluding carboxylic acids is 1. The van der Waals surface area contributed by atoms with E-state index in [9.17, 15) is 13.6 Å². The highest BCUT2D eigenvalue weighted by Crippen LogP contribution is 2.36. The molecule has 0 spiro atoms. The van der Waals surface area contributed by atoms with Gasteiger partial charge in [-0.3, -0.25) is 9.89 Å². The largest absolute Gasteiger partial charge is 0.366 e. The third-order valence-electron chi connectivity index (χ3n) is 3.35. The number of aromatic amines is 1. The maximum absolute atomic E-state index is 14.2. The van der Waals surface area contributed by atoms with E-state index in [1.165, 1.54) is 42.5 Å². The van der Waals surface area contributed by atoms with Crippen LogP contribution in [0.15, 0.2) is 42.5 Å². The average Bonchev–Trinajstić information content (AvgIpc) is 2.89. The highest BCUT2D eigenvalue weighted by atomic mass is 35.5. The first-order valence-corrected chi connectivity index (χ1v) is 6.95. The minimum Gasteiger partial charge on any atom is -0.366 e. The van der Waals surface area contributed by atoms with Crippen molar-refractivity contribution in [1.29, 1.82) is 0 Å². The zero-order valence-electron chi connectivity index (χ0n) is 11.6. The molecule has 3 rings (SSSR count). The van der Waals surface area contributed by atoms with Crippen LogP contribution in [0.2, 0.25) is 5.02 Å². The Bertz CT molecular complexity index is 891. The fraction of sp³-hybridized carbons (Fsp3) is 0. The number of nitrogens with two attached hydrogens (primary N) is 1. The fourth-order valence-electron chi connectivity index (χ4n) is 2.28. The zero-order chi connectivity index (χ0) is 16.6. The zero-order valence-corrected chi connectivity index (χ0v) is 12.4. The van der Waals surface area contributed by atoms with Crippen LogP contribution in [0.3, 0.4) is 0 Å².